The number of aliphatic hydroxyl groups excluding tert-OH is 1. The molecule has 4 aromatic heterocycles. The first kappa shape index (κ1) is 31.2. The van der Waals surface area contributed by atoms with Gasteiger partial charge in [0.25, 0.3) is 0 Å². The van der Waals surface area contributed by atoms with Crippen LogP contribution in [0.1, 0.15) is 5.56 Å². The van der Waals surface area contributed by atoms with Gasteiger partial charge in [-0.15, -0.1) is 20.4 Å². The molecule has 0 atom stereocenters. The Labute approximate surface area is 253 Å². The first-order valence-corrected chi connectivity index (χ1v) is 13.5. The molecule has 0 fully saturated rings. The maximum absolute atomic E-state index is 9.21. The summed E-state index contributed by atoms with van der Waals surface area (Å²) in [6.07, 6.45) is 9.93. The van der Waals surface area contributed by atoms with Gasteiger partial charge >= 0.3 is 11.6 Å². The van der Waals surface area contributed by atoms with E-state index in [9.17, 15) is 5.11 Å². The van der Waals surface area contributed by atoms with Gasteiger partial charge in [-0.2, -0.15) is 0 Å². The molecule has 0 aliphatic rings. The van der Waals surface area contributed by atoms with Crippen LogP contribution in [0, 0.1) is 0 Å². The number of aryl methyl sites for hydroxylation is 2. The summed E-state index contributed by atoms with van der Waals surface area (Å²) in [5.41, 5.74) is 2.11. The highest BCUT2D eigenvalue weighted by Gasteiger charge is 2.08. The predicted octanol–water partition coefficient (Wildman–Crippen LogP) is 2.25. The quantitative estimate of drug-likeness (QED) is 0.0874. The van der Waals surface area contributed by atoms with Gasteiger partial charge in [-0.25, -0.2) is 9.13 Å². The van der Waals surface area contributed by atoms with Crippen LogP contribution in [0.3, 0.4) is 0 Å². The zero-order valence-electron chi connectivity index (χ0n) is 24.9. The number of nitrogens with zero attached hydrogens (tertiary/aromatic N) is 12. The Morgan fingerprint density at radius 2 is 1.55 bits per heavy atom. The molecule has 0 aromatic carbocycles. The van der Waals surface area contributed by atoms with E-state index in [4.69, 9.17) is 9.47 Å². The fraction of sp³-hybridized carbons (Fsp3) is 0.241. The molecular weight excluding hydrogens is 564 g/mol. The maximum Gasteiger partial charge on any atom is 0.354 e. The van der Waals surface area contributed by atoms with E-state index in [2.05, 4.69) is 40.9 Å². The Kier molecular flexibility index (Phi) is 11.4. The lowest BCUT2D eigenvalue weighted by Crippen LogP contribution is -2.35. The summed E-state index contributed by atoms with van der Waals surface area (Å²) in [5.74, 6) is 2.50. The van der Waals surface area contributed by atoms with E-state index in [0.717, 1.165) is 5.56 Å². The molecule has 226 valence electrons. The highest BCUT2D eigenvalue weighted by molar-refractivity contribution is 5.54. The minimum Gasteiger partial charge on any atom is -0.497 e. The average molecular weight is 599 g/mol. The summed E-state index contributed by atoms with van der Waals surface area (Å²) in [7, 11) is 6.91. The van der Waals surface area contributed by atoms with Crippen molar-refractivity contribution < 1.29 is 23.7 Å². The molecule has 44 heavy (non-hydrogen) atoms. The standard InChI is InChI=1S/C29H34N12O3/c1-38-12-8-23(17-27(38)35-31-21-30-34-26-7-5-6-11-40(26)15-16-42)20-41-14-10-25(44-4)19-29(41)37-33-22-32-36-28-18-24(43-3)9-13-39(28)2/h5-14,17-19,21-22,42H,15-16,20H2,1-4H3/q+2. The summed E-state index contributed by atoms with van der Waals surface area (Å²) in [6, 6.07) is 16.6. The number of ether oxygens (including phenoxy) is 2. The Balaban J connectivity index is 1.52. The fourth-order valence-corrected chi connectivity index (χ4v) is 3.85. The number of aromatic nitrogens is 4. The lowest BCUT2D eigenvalue weighted by molar-refractivity contribution is -0.685. The van der Waals surface area contributed by atoms with Crippen LogP contribution in [0.2, 0.25) is 0 Å². The summed E-state index contributed by atoms with van der Waals surface area (Å²) < 4.78 is 18.0. The molecule has 0 saturated carbocycles. The Bertz CT molecular complexity index is 1820. The minimum absolute atomic E-state index is 0.00123. The largest absolute Gasteiger partial charge is 0.497 e. The Morgan fingerprint density at radius 1 is 0.818 bits per heavy atom. The summed E-state index contributed by atoms with van der Waals surface area (Å²) >= 11 is 0. The van der Waals surface area contributed by atoms with Crippen LogP contribution in [-0.2, 0) is 27.2 Å². The number of aliphatic hydroxyl groups is 1. The van der Waals surface area contributed by atoms with Crippen molar-refractivity contribution in [2.75, 3.05) is 20.8 Å². The molecule has 0 radical (unpaired) electrons. The zero-order valence-corrected chi connectivity index (χ0v) is 24.9. The van der Waals surface area contributed by atoms with E-state index in [1.54, 1.807) is 37.0 Å². The van der Waals surface area contributed by atoms with Gasteiger partial charge in [0.2, 0.25) is 0 Å². The normalized spacial score (nSPS) is 12.8. The van der Waals surface area contributed by atoms with Gasteiger partial charge in [-0.05, 0) is 40.1 Å². The first-order valence-electron chi connectivity index (χ1n) is 13.5. The van der Waals surface area contributed by atoms with Crippen LogP contribution in [-0.4, -0.2) is 47.7 Å². The lowest BCUT2D eigenvalue weighted by atomic mass is 10.2. The molecule has 0 amide bonds. The van der Waals surface area contributed by atoms with Crippen LogP contribution in [0.15, 0.2) is 120 Å². The van der Waals surface area contributed by atoms with E-state index in [0.29, 0.717) is 47.2 Å². The molecule has 4 heterocycles. The highest BCUT2D eigenvalue weighted by atomic mass is 16.5. The maximum atomic E-state index is 9.21. The smallest absolute Gasteiger partial charge is 0.354 e. The predicted molar refractivity (Wildman–Crippen MR) is 161 cm³/mol. The number of azo groups is 2. The van der Waals surface area contributed by atoms with Gasteiger partial charge in [0.15, 0.2) is 23.7 Å². The minimum atomic E-state index is 0.00123. The van der Waals surface area contributed by atoms with Crippen LogP contribution in [0.5, 0.6) is 11.5 Å². The van der Waals surface area contributed by atoms with E-state index in [-0.39, 0.29) is 6.61 Å². The van der Waals surface area contributed by atoms with Crippen LogP contribution < -0.4 is 29.6 Å². The molecule has 0 unspecified atom stereocenters. The monoisotopic (exact) mass is 598 g/mol. The van der Waals surface area contributed by atoms with E-state index >= 15 is 0 Å². The van der Waals surface area contributed by atoms with E-state index in [1.807, 2.05) is 89.0 Å². The van der Waals surface area contributed by atoms with Crippen molar-refractivity contribution in [3.63, 3.8) is 0 Å². The van der Waals surface area contributed by atoms with Gasteiger partial charge in [0.05, 0.1) is 56.6 Å². The van der Waals surface area contributed by atoms with Crippen molar-refractivity contribution in [3.8, 4) is 11.5 Å². The fourth-order valence-electron chi connectivity index (χ4n) is 3.85. The van der Waals surface area contributed by atoms with Crippen molar-refractivity contribution >= 4 is 24.3 Å². The second-order valence-electron chi connectivity index (χ2n) is 9.16. The first-order chi connectivity index (χ1) is 21.5. The van der Waals surface area contributed by atoms with Crippen molar-refractivity contribution in [3.05, 3.63) is 95.9 Å². The SMILES string of the molecule is COc1cc[n+](C)c(N=N/C=N/N=c2\cc(OC)ccn2Cc2ccn(C)/c(=N/N=C/N=Nc3cccc[n+]3CCO)c2)c1. The molecule has 0 aliphatic carbocycles. The summed E-state index contributed by atoms with van der Waals surface area (Å²) in [6.45, 7) is 0.896. The van der Waals surface area contributed by atoms with E-state index < -0.39 is 0 Å². The molecule has 15 heteroatoms. The van der Waals surface area contributed by atoms with Gasteiger partial charge < -0.3 is 23.7 Å². The molecule has 0 spiro atoms. The van der Waals surface area contributed by atoms with Crippen molar-refractivity contribution in [1.82, 2.24) is 9.13 Å². The third-order valence-electron chi connectivity index (χ3n) is 6.20. The number of pyridine rings is 4. The van der Waals surface area contributed by atoms with Crippen LogP contribution >= 0.6 is 0 Å². The van der Waals surface area contributed by atoms with Gasteiger partial charge in [-0.3, -0.25) is 0 Å². The molecular formula is C29H34N12O3+2. The van der Waals surface area contributed by atoms with E-state index in [1.165, 1.54) is 12.7 Å². The summed E-state index contributed by atoms with van der Waals surface area (Å²) in [4.78, 5) is 0. The molecule has 0 saturated heterocycles. The molecule has 0 bridgehead atoms. The van der Waals surface area contributed by atoms with Crippen LogP contribution in [0.4, 0.5) is 11.6 Å². The molecule has 4 rings (SSSR count). The number of methoxy groups -OCH3 is 2. The number of hydrogen-bond acceptors (Lipinski definition) is 9. The molecule has 0 aliphatic heterocycles. The third kappa shape index (κ3) is 8.90. The van der Waals surface area contributed by atoms with Gasteiger partial charge in [0, 0.05) is 44.2 Å². The number of hydrogen-bond donors (Lipinski definition) is 1. The Hall–Kier alpha value is -5.70. The van der Waals surface area contributed by atoms with Crippen LogP contribution in [0.25, 0.3) is 0 Å². The van der Waals surface area contributed by atoms with Crippen molar-refractivity contribution in [1.29, 1.82) is 0 Å². The van der Waals surface area contributed by atoms with Gasteiger partial charge in [0.1, 0.15) is 18.0 Å². The molecule has 15 nitrogen and oxygen atoms in total. The second-order valence-corrected chi connectivity index (χ2v) is 9.16. The average Bonchev–Trinajstić information content (AvgIpc) is 3.04. The topological polar surface area (TPSA) is 155 Å². The highest BCUT2D eigenvalue weighted by Crippen LogP contribution is 2.14. The molecule has 4 aromatic rings. The van der Waals surface area contributed by atoms with Crippen molar-refractivity contribution in [2.24, 2.45) is 55.0 Å². The lowest BCUT2D eigenvalue weighted by Gasteiger charge is -2.09. The molecule has 1 N–H and O–H groups in total. The third-order valence-corrected chi connectivity index (χ3v) is 6.20. The van der Waals surface area contributed by atoms with Crippen molar-refractivity contribution in [2.45, 2.75) is 13.1 Å². The zero-order chi connectivity index (χ0) is 31.1. The van der Waals surface area contributed by atoms with Gasteiger partial charge in [-0.1, -0.05) is 6.07 Å². The second kappa shape index (κ2) is 16.1. The number of rotatable bonds is 12. The summed E-state index contributed by atoms with van der Waals surface area (Å²) in [5, 5.41) is 42.3. The Morgan fingerprint density at radius 3 is 2.30 bits per heavy atom.